The highest BCUT2D eigenvalue weighted by Gasteiger charge is 2.18. The average molecular weight is 174 g/mol. The Labute approximate surface area is 74.1 Å². The van der Waals surface area contributed by atoms with E-state index in [1.807, 2.05) is 0 Å². The molecule has 0 aliphatic carbocycles. The predicted octanol–water partition coefficient (Wildman–Crippen LogP) is 0.886. The molecular weight excluding hydrogens is 155 g/mol. The Balaban J connectivity index is 1.98. The van der Waals surface area contributed by atoms with Gasteiger partial charge in [0.1, 0.15) is 0 Å². The highest BCUT2D eigenvalue weighted by Crippen LogP contribution is 2.05. The van der Waals surface area contributed by atoms with E-state index in [1.165, 1.54) is 0 Å². The van der Waals surface area contributed by atoms with Crippen LogP contribution < -0.4 is 5.32 Å². The Morgan fingerprint density at radius 3 is 2.67 bits per heavy atom. The smallest absolute Gasteiger partial charge is 0.0985 e. The Bertz CT molecular complexity index is 124. The van der Waals surface area contributed by atoms with Gasteiger partial charge < -0.3 is 10.2 Å². The van der Waals surface area contributed by atoms with Crippen LogP contribution >= 0.6 is 0 Å². The number of hydrogen-bond donors (Lipinski definition) is 1. The van der Waals surface area contributed by atoms with Gasteiger partial charge >= 0.3 is 0 Å². The van der Waals surface area contributed by atoms with Gasteiger partial charge in [0, 0.05) is 26.2 Å². The molecule has 0 aromatic carbocycles. The first-order valence-electron chi connectivity index (χ1n) is 4.72. The zero-order valence-corrected chi connectivity index (χ0v) is 8.02. The molecule has 1 rings (SSSR count). The van der Waals surface area contributed by atoms with Crippen LogP contribution in [-0.2, 0) is 0 Å². The Hall–Kier alpha value is -0.150. The lowest BCUT2D eigenvalue weighted by molar-refractivity contribution is 0.204. The van der Waals surface area contributed by atoms with E-state index in [1.54, 1.807) is 6.92 Å². The van der Waals surface area contributed by atoms with Crippen molar-refractivity contribution in [3.8, 4) is 0 Å². The molecule has 0 amide bonds. The van der Waals surface area contributed by atoms with Crippen LogP contribution in [0.5, 0.6) is 0 Å². The molecule has 1 aliphatic heterocycles. The summed E-state index contributed by atoms with van der Waals surface area (Å²) in [5, 5.41) is 3.23. The predicted molar refractivity (Wildman–Crippen MR) is 49.0 cm³/mol. The molecule has 72 valence electrons. The summed E-state index contributed by atoms with van der Waals surface area (Å²) in [4.78, 5) is 2.22. The first-order valence-corrected chi connectivity index (χ1v) is 4.72. The molecule has 1 aliphatic rings. The highest BCUT2D eigenvalue weighted by molar-refractivity contribution is 4.77. The van der Waals surface area contributed by atoms with Crippen LogP contribution in [0.2, 0.25) is 0 Å². The zero-order chi connectivity index (χ0) is 8.97. The van der Waals surface area contributed by atoms with Gasteiger partial charge in [0.2, 0.25) is 0 Å². The number of rotatable bonds is 5. The molecule has 2 nitrogen and oxygen atoms in total. The second-order valence-corrected chi connectivity index (χ2v) is 3.86. The normalized spacial score (nSPS) is 21.0. The van der Waals surface area contributed by atoms with Crippen molar-refractivity contribution in [2.75, 3.05) is 33.2 Å². The van der Waals surface area contributed by atoms with Crippen molar-refractivity contribution >= 4 is 0 Å². The maximum absolute atomic E-state index is 12.5. The van der Waals surface area contributed by atoms with E-state index in [0.717, 1.165) is 32.1 Å². The molecule has 0 spiro atoms. The second kappa shape index (κ2) is 4.77. The SMILES string of the molecule is CC(F)CCN(C)CC1CNC1. The molecule has 0 saturated carbocycles. The monoisotopic (exact) mass is 174 g/mol. The van der Waals surface area contributed by atoms with Crippen molar-refractivity contribution in [3.05, 3.63) is 0 Å². The van der Waals surface area contributed by atoms with Gasteiger partial charge in [-0.2, -0.15) is 0 Å². The summed E-state index contributed by atoms with van der Waals surface area (Å²) in [5.74, 6) is 0.796. The van der Waals surface area contributed by atoms with Gasteiger partial charge in [0.15, 0.2) is 0 Å². The van der Waals surface area contributed by atoms with E-state index < -0.39 is 6.17 Å². The van der Waals surface area contributed by atoms with Crippen LogP contribution in [0.3, 0.4) is 0 Å². The third kappa shape index (κ3) is 3.50. The van der Waals surface area contributed by atoms with Gasteiger partial charge in [-0.25, -0.2) is 4.39 Å². The molecule has 1 saturated heterocycles. The van der Waals surface area contributed by atoms with E-state index in [-0.39, 0.29) is 0 Å². The van der Waals surface area contributed by atoms with Crippen LogP contribution in [0.15, 0.2) is 0 Å². The molecule has 3 heteroatoms. The van der Waals surface area contributed by atoms with Crippen LogP contribution in [0.4, 0.5) is 4.39 Å². The molecule has 1 atom stereocenters. The molecular formula is C9H19FN2. The van der Waals surface area contributed by atoms with E-state index in [2.05, 4.69) is 17.3 Å². The fourth-order valence-corrected chi connectivity index (χ4v) is 1.41. The van der Waals surface area contributed by atoms with Crippen LogP contribution in [0, 0.1) is 5.92 Å². The highest BCUT2D eigenvalue weighted by atomic mass is 19.1. The molecule has 1 heterocycles. The summed E-state index contributed by atoms with van der Waals surface area (Å²) in [7, 11) is 2.07. The summed E-state index contributed by atoms with van der Waals surface area (Å²) in [6.45, 7) is 5.89. The van der Waals surface area contributed by atoms with Gasteiger partial charge in [0.25, 0.3) is 0 Å². The van der Waals surface area contributed by atoms with Crippen molar-refractivity contribution < 1.29 is 4.39 Å². The summed E-state index contributed by atoms with van der Waals surface area (Å²) in [6.07, 6.45) is 0.00312. The van der Waals surface area contributed by atoms with Crippen molar-refractivity contribution in [2.24, 2.45) is 5.92 Å². The number of nitrogens with one attached hydrogen (secondary N) is 1. The average Bonchev–Trinajstić information content (AvgIpc) is 1.93. The first-order chi connectivity index (χ1) is 5.68. The van der Waals surface area contributed by atoms with E-state index in [0.29, 0.717) is 6.42 Å². The Kier molecular flexibility index (Phi) is 3.95. The number of nitrogens with zero attached hydrogens (tertiary/aromatic N) is 1. The molecule has 0 radical (unpaired) electrons. The van der Waals surface area contributed by atoms with Crippen LogP contribution in [0.25, 0.3) is 0 Å². The van der Waals surface area contributed by atoms with Gasteiger partial charge in [-0.15, -0.1) is 0 Å². The fourth-order valence-electron chi connectivity index (χ4n) is 1.41. The molecule has 1 unspecified atom stereocenters. The van der Waals surface area contributed by atoms with Crippen molar-refractivity contribution in [1.29, 1.82) is 0 Å². The topological polar surface area (TPSA) is 15.3 Å². The minimum Gasteiger partial charge on any atom is -0.316 e. The van der Waals surface area contributed by atoms with E-state index in [4.69, 9.17) is 0 Å². The van der Waals surface area contributed by atoms with E-state index in [9.17, 15) is 4.39 Å². The minimum atomic E-state index is -0.660. The summed E-state index contributed by atoms with van der Waals surface area (Å²) in [6, 6.07) is 0. The summed E-state index contributed by atoms with van der Waals surface area (Å²) >= 11 is 0. The van der Waals surface area contributed by atoms with Gasteiger partial charge in [-0.3, -0.25) is 0 Å². The lowest BCUT2D eigenvalue weighted by Gasteiger charge is -2.31. The molecule has 1 fully saturated rings. The second-order valence-electron chi connectivity index (χ2n) is 3.86. The van der Waals surface area contributed by atoms with Crippen LogP contribution in [-0.4, -0.2) is 44.3 Å². The number of alkyl halides is 1. The van der Waals surface area contributed by atoms with Crippen molar-refractivity contribution in [2.45, 2.75) is 19.5 Å². The zero-order valence-electron chi connectivity index (χ0n) is 8.02. The van der Waals surface area contributed by atoms with Crippen molar-refractivity contribution in [1.82, 2.24) is 10.2 Å². The largest absolute Gasteiger partial charge is 0.316 e. The van der Waals surface area contributed by atoms with Gasteiger partial charge in [-0.1, -0.05) is 0 Å². The standard InChI is InChI=1S/C9H19FN2/c1-8(10)3-4-12(2)7-9-5-11-6-9/h8-9,11H,3-7H2,1-2H3. The first kappa shape index (κ1) is 9.93. The minimum absolute atomic E-state index is 0.660. The van der Waals surface area contributed by atoms with Crippen molar-refractivity contribution in [3.63, 3.8) is 0 Å². The van der Waals surface area contributed by atoms with Crippen LogP contribution in [0.1, 0.15) is 13.3 Å². The van der Waals surface area contributed by atoms with E-state index >= 15 is 0 Å². The molecule has 0 aromatic heterocycles. The molecule has 0 bridgehead atoms. The third-order valence-corrected chi connectivity index (χ3v) is 2.34. The number of hydrogen-bond acceptors (Lipinski definition) is 2. The van der Waals surface area contributed by atoms with Gasteiger partial charge in [-0.05, 0) is 26.3 Å². The Morgan fingerprint density at radius 1 is 1.58 bits per heavy atom. The molecule has 0 aromatic rings. The lowest BCUT2D eigenvalue weighted by Crippen LogP contribution is -2.47. The molecule has 1 N–H and O–H groups in total. The third-order valence-electron chi connectivity index (χ3n) is 2.34. The molecule has 12 heavy (non-hydrogen) atoms. The maximum atomic E-state index is 12.5. The maximum Gasteiger partial charge on any atom is 0.0985 e. The van der Waals surface area contributed by atoms with Gasteiger partial charge in [0.05, 0.1) is 6.17 Å². The summed E-state index contributed by atoms with van der Waals surface area (Å²) < 4.78 is 12.5. The lowest BCUT2D eigenvalue weighted by atomic mass is 10.0. The Morgan fingerprint density at radius 2 is 2.25 bits per heavy atom. The number of halogens is 1. The summed E-state index contributed by atoms with van der Waals surface area (Å²) in [5.41, 5.74) is 0. The quantitative estimate of drug-likeness (QED) is 0.666. The fraction of sp³-hybridized carbons (Fsp3) is 1.00.